The fourth-order valence-corrected chi connectivity index (χ4v) is 5.83. The van der Waals surface area contributed by atoms with Crippen LogP contribution in [0.15, 0.2) is 193 Å². The van der Waals surface area contributed by atoms with Crippen molar-refractivity contribution in [3.63, 3.8) is 0 Å². The van der Waals surface area contributed by atoms with Crippen LogP contribution in [-0.2, 0) is 11.8 Å². The molecule has 8 aromatic rings. The first-order valence-electron chi connectivity index (χ1n) is 23.4. The van der Waals surface area contributed by atoms with Gasteiger partial charge in [-0.15, -0.1) is 0 Å². The highest BCUT2D eigenvalue weighted by molar-refractivity contribution is 6.30. The van der Waals surface area contributed by atoms with E-state index in [1.165, 1.54) is 48.7 Å². The van der Waals surface area contributed by atoms with Gasteiger partial charge in [0, 0.05) is 43.3 Å². The minimum absolute atomic E-state index is 0. The molecule has 0 radical (unpaired) electrons. The number of fused-ring (bicyclic) bond motifs is 1. The molecular weight excluding hydrogens is 980 g/mol. The molecule has 4 N–H and O–H groups in total. The van der Waals surface area contributed by atoms with E-state index in [9.17, 15) is 4.79 Å². The number of aryl methyl sites for hydroxylation is 7. The molecule has 2 aromatic heterocycles. The molecule has 1 amide bonds. The van der Waals surface area contributed by atoms with Crippen molar-refractivity contribution < 1.29 is 23.4 Å². The SMILES string of the molecule is C.CC#N.CN.CNC(NC(C)=O)c1ccccc1.COc1ccc(C)cc1.Cc1ccc(Cl)cc1.Cc1ccc2c(c1)OCO2.Cc1cccc(C#N)c1.Cc1cccc(Cl)c1.Cc1ccoc1.Cn1cccc1. The first kappa shape index (κ1) is 69.3. The van der Waals surface area contributed by atoms with Crippen LogP contribution in [0.1, 0.15) is 71.9 Å². The van der Waals surface area contributed by atoms with E-state index in [0.29, 0.717) is 6.79 Å². The predicted octanol–water partition coefficient (Wildman–Crippen LogP) is 15.3. The number of furan rings is 1. The lowest BCUT2D eigenvalue weighted by atomic mass is 10.2. The van der Waals surface area contributed by atoms with Gasteiger partial charge in [0.2, 0.25) is 12.7 Å². The van der Waals surface area contributed by atoms with Crippen molar-refractivity contribution in [1.82, 2.24) is 15.2 Å². The predicted molar refractivity (Wildman–Crippen MR) is 312 cm³/mol. The third-order valence-electron chi connectivity index (χ3n) is 9.11. The Labute approximate surface area is 458 Å². The maximum atomic E-state index is 10.8. The summed E-state index contributed by atoms with van der Waals surface area (Å²) < 4.78 is 22.0. The summed E-state index contributed by atoms with van der Waals surface area (Å²) in [5.74, 6) is 2.59. The van der Waals surface area contributed by atoms with E-state index in [4.69, 9.17) is 52.4 Å². The minimum atomic E-state index is -0.0984. The zero-order valence-electron chi connectivity index (χ0n) is 44.9. The summed E-state index contributed by atoms with van der Waals surface area (Å²) in [6.07, 6.45) is 7.27. The van der Waals surface area contributed by atoms with Crippen LogP contribution in [0.3, 0.4) is 0 Å². The molecule has 0 saturated heterocycles. The quantitative estimate of drug-likeness (QED) is 0.146. The number of hydrogen-bond donors (Lipinski definition) is 3. The number of benzene rings is 6. The molecule has 0 spiro atoms. The number of methoxy groups -OCH3 is 1. The van der Waals surface area contributed by atoms with Crippen LogP contribution < -0.4 is 30.6 Å². The van der Waals surface area contributed by atoms with E-state index >= 15 is 0 Å². The Hall–Kier alpha value is -7.77. The van der Waals surface area contributed by atoms with Crippen LogP contribution in [0.4, 0.5) is 0 Å². The van der Waals surface area contributed by atoms with Crippen molar-refractivity contribution >= 4 is 29.1 Å². The number of carbonyl (C=O) groups excluding carboxylic acids is 1. The molecule has 0 saturated carbocycles. The molecular formula is C62H78Cl2N6O5. The summed E-state index contributed by atoms with van der Waals surface area (Å²) in [5, 5.41) is 23.2. The first-order chi connectivity index (χ1) is 35.5. The number of aromatic nitrogens is 1. The second-order valence-electron chi connectivity index (χ2n) is 15.7. The molecule has 75 heavy (non-hydrogen) atoms. The van der Waals surface area contributed by atoms with Crippen LogP contribution in [0.25, 0.3) is 0 Å². The summed E-state index contributed by atoms with van der Waals surface area (Å²) in [4.78, 5) is 10.8. The number of rotatable bonds is 4. The van der Waals surface area contributed by atoms with E-state index in [1.807, 2.05) is 223 Å². The number of nitrogens with two attached hydrogens (primary N) is 1. The molecule has 9 rings (SSSR count). The van der Waals surface area contributed by atoms with Gasteiger partial charge in [0.15, 0.2) is 11.5 Å². The minimum Gasteiger partial charge on any atom is -0.497 e. The standard InChI is InChI=1S/C10H14N2O.C8H7N.C8H8O2.C8H10O.2C7H7Cl.C5H7N.C5H6O.C2H3N.CH5N.CH4/c1-8(13)12-10(11-2)9-6-4-3-5-7-9;1-7-3-2-4-8(5-7)6-9;1-6-2-3-7-8(4-6)10-5-9-7;1-7-3-5-8(9-2)6-4-7;1-6-2-4-7(8)5-3-6;1-6-3-2-4-7(8)5-6;1-6-4-2-3-5-6;1-5-2-3-6-4-5;1-2-3;1-2;/h3-7,10-11H,1-2H3,(H,12,13);2-5H,1H3;2-4H,5H2,1H3;3-6H,1-2H3;2*2-5H,1H3;2-5H,1H3;2-4H,1H3;1H3;2H2,1H3;1H4. The Balaban J connectivity index is 0. The second kappa shape index (κ2) is 43.8. The fourth-order valence-electron chi connectivity index (χ4n) is 5.46. The molecule has 3 heterocycles. The number of carbonyl (C=O) groups is 1. The average molecular weight is 1060 g/mol. The van der Waals surface area contributed by atoms with Crippen molar-refractivity contribution in [2.45, 2.75) is 69.0 Å². The smallest absolute Gasteiger partial charge is 0.231 e. The third kappa shape index (κ3) is 35.9. The van der Waals surface area contributed by atoms with Gasteiger partial charge < -0.3 is 34.2 Å². The van der Waals surface area contributed by atoms with Crippen LogP contribution in [0, 0.1) is 64.2 Å². The van der Waals surface area contributed by atoms with Gasteiger partial charge in [-0.25, -0.2) is 0 Å². The Kier molecular flexibility index (Phi) is 40.5. The molecule has 0 fully saturated rings. The van der Waals surface area contributed by atoms with Gasteiger partial charge in [-0.1, -0.05) is 127 Å². The van der Waals surface area contributed by atoms with Crippen LogP contribution >= 0.6 is 23.2 Å². The normalized spacial score (nSPS) is 9.61. The van der Waals surface area contributed by atoms with Crippen molar-refractivity contribution in [2.24, 2.45) is 12.8 Å². The van der Waals surface area contributed by atoms with Gasteiger partial charge in [-0.3, -0.25) is 10.1 Å². The molecule has 13 heteroatoms. The van der Waals surface area contributed by atoms with E-state index in [-0.39, 0.29) is 19.5 Å². The molecule has 400 valence electrons. The fraction of sp³-hybridized carbons (Fsp3) is 0.242. The van der Waals surface area contributed by atoms with Crippen molar-refractivity contribution in [2.75, 3.05) is 28.0 Å². The van der Waals surface area contributed by atoms with Crippen LogP contribution in [0.5, 0.6) is 17.2 Å². The first-order valence-corrected chi connectivity index (χ1v) is 24.1. The lowest BCUT2D eigenvalue weighted by Gasteiger charge is -2.16. The van der Waals surface area contributed by atoms with Gasteiger partial charge in [0.05, 0.1) is 37.3 Å². The molecule has 1 aliphatic heterocycles. The number of nitrogens with one attached hydrogen (secondary N) is 2. The van der Waals surface area contributed by atoms with Crippen molar-refractivity contribution in [1.29, 1.82) is 10.5 Å². The highest BCUT2D eigenvalue weighted by atomic mass is 35.5. The number of nitrogens with zero attached hydrogens (tertiary/aromatic N) is 3. The van der Waals surface area contributed by atoms with Gasteiger partial charge in [-0.05, 0) is 162 Å². The molecule has 6 aromatic carbocycles. The lowest BCUT2D eigenvalue weighted by Crippen LogP contribution is -2.34. The number of ether oxygens (including phenoxy) is 3. The summed E-state index contributed by atoms with van der Waals surface area (Å²) >= 11 is 11.3. The van der Waals surface area contributed by atoms with E-state index in [0.717, 1.165) is 44.0 Å². The Morgan fingerprint density at radius 1 is 0.653 bits per heavy atom. The number of hydrogen-bond acceptors (Lipinski definition) is 9. The maximum Gasteiger partial charge on any atom is 0.231 e. The molecule has 0 aliphatic carbocycles. The molecule has 11 nitrogen and oxygen atoms in total. The van der Waals surface area contributed by atoms with Gasteiger partial charge >= 0.3 is 0 Å². The largest absolute Gasteiger partial charge is 0.497 e. The summed E-state index contributed by atoms with van der Waals surface area (Å²) in [6, 6.07) is 56.4. The zero-order chi connectivity index (χ0) is 55.5. The summed E-state index contributed by atoms with van der Waals surface area (Å²) in [6.45, 7) is 15.4. The highest BCUT2D eigenvalue weighted by Gasteiger charge is 2.11. The van der Waals surface area contributed by atoms with Gasteiger partial charge in [0.1, 0.15) is 11.9 Å². The van der Waals surface area contributed by atoms with Crippen molar-refractivity contribution in [3.8, 4) is 29.4 Å². The maximum absolute atomic E-state index is 10.8. The molecule has 1 atom stereocenters. The van der Waals surface area contributed by atoms with E-state index < -0.39 is 0 Å². The van der Waals surface area contributed by atoms with E-state index in [2.05, 4.69) is 29.4 Å². The Bertz CT molecular complexity index is 2650. The van der Waals surface area contributed by atoms with Crippen LogP contribution in [0.2, 0.25) is 10.0 Å². The summed E-state index contributed by atoms with van der Waals surface area (Å²) in [7, 11) is 6.98. The number of nitriles is 2. The monoisotopic (exact) mass is 1060 g/mol. The second-order valence-corrected chi connectivity index (χ2v) is 16.5. The summed E-state index contributed by atoms with van der Waals surface area (Å²) in [5.41, 5.74) is 13.5. The number of amides is 1. The van der Waals surface area contributed by atoms with Gasteiger partial charge in [0.25, 0.3) is 0 Å². The highest BCUT2D eigenvalue weighted by Crippen LogP contribution is 2.32. The topological polar surface area (TPSA) is 160 Å². The van der Waals surface area contributed by atoms with Crippen molar-refractivity contribution in [3.05, 3.63) is 243 Å². The zero-order valence-corrected chi connectivity index (χ0v) is 46.4. The van der Waals surface area contributed by atoms with E-state index in [1.54, 1.807) is 31.8 Å². The average Bonchev–Trinajstić information content (AvgIpc) is 4.21. The number of halogens is 2. The van der Waals surface area contributed by atoms with Gasteiger partial charge in [-0.2, -0.15) is 10.5 Å². The molecule has 1 aliphatic rings. The third-order valence-corrected chi connectivity index (χ3v) is 9.60. The molecule has 0 bridgehead atoms. The van der Waals surface area contributed by atoms with Crippen LogP contribution in [-0.4, -0.2) is 38.5 Å². The lowest BCUT2D eigenvalue weighted by molar-refractivity contribution is -0.119. The molecule has 1 unspecified atom stereocenters. The Morgan fingerprint density at radius 2 is 1.17 bits per heavy atom. The Morgan fingerprint density at radius 3 is 1.56 bits per heavy atom.